The zero-order valence-electron chi connectivity index (χ0n) is 70.8. The fourth-order valence-corrected chi connectivity index (χ4v) is 16.0. The van der Waals surface area contributed by atoms with E-state index in [1.807, 2.05) is 84.9 Å². The van der Waals surface area contributed by atoms with Crippen molar-refractivity contribution < 1.29 is 17.8 Å². The van der Waals surface area contributed by atoms with Crippen LogP contribution < -0.4 is 26.2 Å². The Kier molecular flexibility index (Phi) is 11.5. The average molecular weight is 1330 g/mol. The number of hydrogen-bond acceptors (Lipinski definition) is 2. The minimum Gasteiger partial charge on any atom is -0.311 e. The van der Waals surface area contributed by atoms with Gasteiger partial charge in [0.05, 0.1) is 45.6 Å². The third-order valence-corrected chi connectivity index (χ3v) is 20.9. The van der Waals surface area contributed by atoms with Crippen molar-refractivity contribution in [2.45, 2.75) is 52.4 Å². The molecule has 0 atom stereocenters. The first-order chi connectivity index (χ1) is 55.8. The van der Waals surface area contributed by atoms with E-state index in [9.17, 15) is 13.7 Å². The molecule has 5 heteroatoms. The number of rotatable bonds is 10. The molecule has 4 nitrogen and oxygen atoms in total. The highest BCUT2D eigenvalue weighted by Gasteiger charge is 2.45. The molecule has 0 amide bonds. The highest BCUT2D eigenvalue weighted by atomic mass is 15.2. The van der Waals surface area contributed by atoms with Crippen LogP contribution in [-0.4, -0.2) is 15.8 Å². The van der Waals surface area contributed by atoms with Crippen LogP contribution in [0, 0.1) is 0 Å². The summed E-state index contributed by atoms with van der Waals surface area (Å²) in [6.07, 6.45) is 0. The van der Waals surface area contributed by atoms with Gasteiger partial charge >= 0.3 is 0 Å². The van der Waals surface area contributed by atoms with E-state index in [2.05, 4.69) is 238 Å². The molecule has 0 fully saturated rings. The van der Waals surface area contributed by atoms with Gasteiger partial charge in [-0.15, -0.1) is 0 Å². The van der Waals surface area contributed by atoms with Crippen LogP contribution in [0.2, 0.25) is 0 Å². The third kappa shape index (κ3) is 10.3. The van der Waals surface area contributed by atoms with Gasteiger partial charge in [-0.3, -0.25) is 0 Å². The number of hydrogen-bond donors (Lipinski definition) is 0. The maximum atomic E-state index is 9.85. The predicted molar refractivity (Wildman–Crippen MR) is 439 cm³/mol. The van der Waals surface area contributed by atoms with Gasteiger partial charge in [-0.05, 0) is 191 Å². The number of para-hydroxylation sites is 3. The maximum absolute atomic E-state index is 9.85. The quantitative estimate of drug-likeness (QED) is 0.127. The topological polar surface area (TPSA) is 16.3 Å². The normalized spacial score (nSPS) is 14.5. The maximum Gasteiger partial charge on any atom is 0.252 e. The lowest BCUT2D eigenvalue weighted by atomic mass is 9.33. The minimum atomic E-state index is -0.713. The van der Waals surface area contributed by atoms with E-state index in [4.69, 9.17) is 4.11 Å². The molecule has 0 spiro atoms. The molecular weight excluding hydrogens is 1240 g/mol. The average Bonchev–Trinajstić information content (AvgIpc) is 0.811. The SMILES string of the molecule is [2H]c1c([2H])c([2H])c(-c2ccc3c(c2)N(c2c(-c4ccccc4)cc(C(C)(C)C)cc2-c2ccccc2)c2cc(-c4cccc5c4c4ccccc4n5-c4cccc(C(C)(C)C)c4)cc4c2B3c2ccc(-n3c5c([2H])c([2H])c([2H])c([2H])c5c5c([2H])c([2H])c([2H])c([2H])c53)cc2N4c2cc(-c3ccccc3)cc(-c3ccccc3)c2)c([2H])c1[2H]. The second kappa shape index (κ2) is 24.1. The fourth-order valence-electron chi connectivity index (χ4n) is 16.0. The predicted octanol–water partition coefficient (Wildman–Crippen LogP) is 24.6. The van der Waals surface area contributed by atoms with Gasteiger partial charge in [-0.25, -0.2) is 0 Å². The molecule has 0 saturated heterocycles. The van der Waals surface area contributed by atoms with Crippen molar-refractivity contribution in [3.8, 4) is 78.1 Å². The Morgan fingerprint density at radius 3 is 1.39 bits per heavy atom. The van der Waals surface area contributed by atoms with Crippen LogP contribution in [0.15, 0.2) is 345 Å². The molecule has 0 bridgehead atoms. The summed E-state index contributed by atoms with van der Waals surface area (Å²) in [7, 11) is 0. The van der Waals surface area contributed by atoms with Gasteiger partial charge in [0.1, 0.15) is 0 Å². The minimum absolute atomic E-state index is 0.0271. The zero-order valence-corrected chi connectivity index (χ0v) is 57.8. The molecule has 0 aliphatic carbocycles. The summed E-state index contributed by atoms with van der Waals surface area (Å²) >= 11 is 0. The van der Waals surface area contributed by atoms with Crippen molar-refractivity contribution in [2.24, 2.45) is 0 Å². The van der Waals surface area contributed by atoms with Crippen molar-refractivity contribution in [1.82, 2.24) is 9.13 Å². The summed E-state index contributed by atoms with van der Waals surface area (Å²) in [5.41, 5.74) is 21.3. The molecule has 2 aliphatic heterocycles. The van der Waals surface area contributed by atoms with Crippen LogP contribution in [0.4, 0.5) is 34.1 Å². The molecule has 2 aromatic heterocycles. The lowest BCUT2D eigenvalue weighted by molar-refractivity contribution is 0.590. The Bertz CT molecular complexity index is 6810. The molecule has 17 aromatic rings. The summed E-state index contributed by atoms with van der Waals surface area (Å²) in [6.45, 7) is 12.7. The number of aromatic nitrogens is 2. The molecule has 0 unspecified atom stereocenters. The summed E-state index contributed by atoms with van der Waals surface area (Å²) in [6, 6.07) is 86.8. The van der Waals surface area contributed by atoms with Crippen LogP contribution >= 0.6 is 0 Å². The Hall–Kier alpha value is -12.4. The number of benzene rings is 15. The third-order valence-electron chi connectivity index (χ3n) is 20.9. The Morgan fingerprint density at radius 2 is 0.777 bits per heavy atom. The first-order valence-electron chi connectivity index (χ1n) is 41.6. The molecule has 19 rings (SSSR count). The van der Waals surface area contributed by atoms with Gasteiger partial charge in [0, 0.05) is 72.5 Å². The number of nitrogens with zero attached hydrogens (tertiary/aromatic N) is 4. The van der Waals surface area contributed by atoms with E-state index in [0.29, 0.717) is 22.6 Å². The highest BCUT2D eigenvalue weighted by Crippen LogP contribution is 2.54. The fraction of sp³-hybridized carbons (Fsp3) is 0.0816. The van der Waals surface area contributed by atoms with Gasteiger partial charge in [0.2, 0.25) is 0 Å². The van der Waals surface area contributed by atoms with Crippen LogP contribution in [0.5, 0.6) is 0 Å². The number of anilines is 6. The van der Waals surface area contributed by atoms with Crippen molar-refractivity contribution in [3.63, 3.8) is 0 Å². The van der Waals surface area contributed by atoms with E-state index in [-0.39, 0.29) is 50.3 Å². The van der Waals surface area contributed by atoms with E-state index in [0.717, 1.165) is 128 Å². The lowest BCUT2D eigenvalue weighted by Gasteiger charge is -2.45. The van der Waals surface area contributed by atoms with Gasteiger partial charge in [-0.2, -0.15) is 0 Å². The van der Waals surface area contributed by atoms with E-state index in [1.54, 1.807) is 4.57 Å². The van der Waals surface area contributed by atoms with Gasteiger partial charge in [0.25, 0.3) is 6.71 Å². The van der Waals surface area contributed by atoms with Crippen molar-refractivity contribution in [2.75, 3.05) is 9.80 Å². The summed E-state index contributed by atoms with van der Waals surface area (Å²) in [5.74, 6) is 0. The molecule has 2 aliphatic rings. The molecule has 490 valence electrons. The standard InChI is InChI=1S/C98H75BN4/c1-97(2,3)73-40-28-41-75(60-73)101-88-48-27-24-44-81(88)94-78(45-29-49-89(94)101)72-58-92-95-93(59-72)103(96-82(67-36-18-10-19-37-67)61-74(98(4,5)6)62-83(96)68-38-20-11-21-39-68)90-57-69(64-30-12-7-13-31-64)50-52-84(90)99(95)85-53-51-76(100-86-46-25-22-42-79(86)80-43-23-26-47-87(80)100)63-91(85)102(92)77-55-70(65-32-14-8-15-33-65)54-71(56-77)66-34-16-9-17-35-66/h7-63H,1-6H3/i7D,12D,13D,22D,23D,25D,26D,30D,31D,42D,43D,46D,47D. The van der Waals surface area contributed by atoms with Crippen molar-refractivity contribution in [1.29, 1.82) is 0 Å². The molecule has 0 N–H and O–H groups in total. The van der Waals surface area contributed by atoms with Crippen molar-refractivity contribution >= 4 is 101 Å². The number of fused-ring (bicyclic) bond motifs is 10. The van der Waals surface area contributed by atoms with Gasteiger partial charge < -0.3 is 18.9 Å². The van der Waals surface area contributed by atoms with Gasteiger partial charge in [-0.1, -0.05) is 290 Å². The first kappa shape index (κ1) is 49.2. The van der Waals surface area contributed by atoms with Crippen LogP contribution in [0.1, 0.15) is 70.5 Å². The Balaban J connectivity index is 1.03. The van der Waals surface area contributed by atoms with Crippen LogP contribution in [-0.2, 0) is 10.8 Å². The first-order valence-corrected chi connectivity index (χ1v) is 35.1. The smallest absolute Gasteiger partial charge is 0.252 e. The van der Waals surface area contributed by atoms with Crippen LogP contribution in [0.3, 0.4) is 0 Å². The molecule has 0 radical (unpaired) electrons. The molecule has 103 heavy (non-hydrogen) atoms. The van der Waals surface area contributed by atoms with Crippen molar-refractivity contribution in [3.05, 3.63) is 357 Å². The summed E-state index contributed by atoms with van der Waals surface area (Å²) in [4.78, 5) is 4.68. The van der Waals surface area contributed by atoms with E-state index >= 15 is 0 Å². The molecule has 4 heterocycles. The molecular formula is C98H75BN4. The lowest BCUT2D eigenvalue weighted by Crippen LogP contribution is -2.61. The monoisotopic (exact) mass is 1330 g/mol. The van der Waals surface area contributed by atoms with Gasteiger partial charge in [0.15, 0.2) is 0 Å². The zero-order chi connectivity index (χ0) is 80.6. The second-order valence-electron chi connectivity index (χ2n) is 29.1. The summed E-state index contributed by atoms with van der Waals surface area (Å²) < 4.78 is 126. The van der Waals surface area contributed by atoms with E-state index in [1.165, 1.54) is 5.56 Å². The summed E-state index contributed by atoms with van der Waals surface area (Å²) in [5, 5.41) is 1.90. The highest BCUT2D eigenvalue weighted by molar-refractivity contribution is 7.00. The molecule has 0 saturated carbocycles. The Labute approximate surface area is 621 Å². The van der Waals surface area contributed by atoms with Crippen LogP contribution in [0.25, 0.3) is 122 Å². The second-order valence-corrected chi connectivity index (χ2v) is 29.1. The molecule has 15 aromatic carbocycles. The largest absolute Gasteiger partial charge is 0.311 e. The Morgan fingerprint density at radius 1 is 0.282 bits per heavy atom. The van der Waals surface area contributed by atoms with E-state index < -0.39 is 73.2 Å².